The van der Waals surface area contributed by atoms with E-state index in [1.54, 1.807) is 0 Å². The van der Waals surface area contributed by atoms with Crippen molar-refractivity contribution in [3.8, 4) is 24.7 Å². The van der Waals surface area contributed by atoms with E-state index < -0.39 is 0 Å². The Kier molecular flexibility index (Phi) is 45.9. The zero-order valence-corrected chi connectivity index (χ0v) is 9.84. The van der Waals surface area contributed by atoms with Crippen LogP contribution in [0.15, 0.2) is 0 Å². The molecule has 0 aromatic rings. The third-order valence-electron chi connectivity index (χ3n) is 0.892. The second kappa shape index (κ2) is 22.4. The molecule has 0 bridgehead atoms. The molecule has 0 aromatic heterocycles. The first-order chi connectivity index (χ1) is 3.91. The summed E-state index contributed by atoms with van der Waals surface area (Å²) in [6, 6.07) is 0. The van der Waals surface area contributed by atoms with Gasteiger partial charge in [-0.15, -0.1) is 24.7 Å². The van der Waals surface area contributed by atoms with E-state index in [1.807, 2.05) is 0 Å². The van der Waals surface area contributed by atoms with E-state index in [1.165, 1.54) is 0 Å². The number of hydrogen-bond acceptors (Lipinski definition) is 0. The molecule has 0 aliphatic carbocycles. The van der Waals surface area contributed by atoms with Gasteiger partial charge in [-0.25, -0.2) is 0 Å². The monoisotopic (exact) mass is 371 g/mol. The minimum atomic E-state index is 0. The van der Waals surface area contributed by atoms with E-state index in [4.69, 9.17) is 12.8 Å². The van der Waals surface area contributed by atoms with Crippen molar-refractivity contribution in [2.75, 3.05) is 0 Å². The van der Waals surface area contributed by atoms with Crippen LogP contribution in [0.25, 0.3) is 0 Å². The Bertz CT molecular complexity index is 105. The molecule has 0 unspecified atom stereocenters. The van der Waals surface area contributed by atoms with Gasteiger partial charge in [0.25, 0.3) is 0 Å². The molecule has 0 aliphatic heterocycles. The van der Waals surface area contributed by atoms with Crippen molar-refractivity contribution in [1.82, 2.24) is 0 Å². The fraction of sp³-hybridized carbons (Fsp3) is 0.500. The van der Waals surface area contributed by atoms with E-state index in [0.29, 0.717) is 0 Å². The van der Waals surface area contributed by atoms with E-state index in [9.17, 15) is 0 Å². The fourth-order valence-corrected chi connectivity index (χ4v) is 0.454. The van der Waals surface area contributed by atoms with Crippen molar-refractivity contribution in [3.63, 3.8) is 0 Å². The normalized spacial score (nSPS) is 5.27. The summed E-state index contributed by atoms with van der Waals surface area (Å²) in [5.41, 5.74) is 0. The first-order valence-electron chi connectivity index (χ1n) is 2.78. The molecule has 0 atom stereocenters. The van der Waals surface area contributed by atoms with Gasteiger partial charge in [0.1, 0.15) is 0 Å². The summed E-state index contributed by atoms with van der Waals surface area (Å²) >= 11 is 0. The van der Waals surface area contributed by atoms with Crippen LogP contribution in [0.2, 0.25) is 0 Å². The largest absolute Gasteiger partial charge is 2.00 e. The summed E-state index contributed by atoms with van der Waals surface area (Å²) in [5.74, 6) is 5.12. The summed E-state index contributed by atoms with van der Waals surface area (Å²) in [7, 11) is 0. The Hall–Kier alpha value is 0.388. The van der Waals surface area contributed by atoms with Crippen molar-refractivity contribution in [2.24, 2.45) is 0 Å². The maximum Gasteiger partial charge on any atom is 2.00 e. The van der Waals surface area contributed by atoms with Crippen LogP contribution >= 0.6 is 0 Å². The van der Waals surface area contributed by atoms with Gasteiger partial charge in [-0.2, -0.15) is 0 Å². The van der Waals surface area contributed by atoms with Gasteiger partial charge in [-0.1, -0.05) is 0 Å². The smallest absolute Gasteiger partial charge is 1.00 e. The Labute approximate surface area is 96.0 Å². The van der Waals surface area contributed by atoms with Crippen molar-refractivity contribution in [2.45, 2.75) is 25.7 Å². The predicted octanol–water partition coefficient (Wildman–Crippen LogP) is -4.18. The summed E-state index contributed by atoms with van der Waals surface area (Å²) in [4.78, 5) is 0. The third kappa shape index (κ3) is 25.2. The van der Waals surface area contributed by atoms with Gasteiger partial charge in [0.2, 0.25) is 0 Å². The minimum Gasteiger partial charge on any atom is -1.00 e. The number of hydrogen-bond donors (Lipinski definition) is 0. The number of halogens is 2. The summed E-state index contributed by atoms with van der Waals surface area (Å²) in [6.45, 7) is 0. The zero-order valence-electron chi connectivity index (χ0n) is 6.06. The van der Waals surface area contributed by atoms with Crippen LogP contribution in [-0.4, -0.2) is 0 Å². The van der Waals surface area contributed by atoms with Crippen molar-refractivity contribution >= 4 is 0 Å². The van der Waals surface area contributed by atoms with Crippen LogP contribution in [0.5, 0.6) is 0 Å². The molecule has 0 heterocycles. The zero-order chi connectivity index (χ0) is 6.24. The van der Waals surface area contributed by atoms with Gasteiger partial charge >= 0.3 is 21.1 Å². The van der Waals surface area contributed by atoms with Gasteiger partial charge in [0, 0.05) is 12.8 Å². The van der Waals surface area contributed by atoms with E-state index in [-0.39, 0.29) is 45.9 Å². The average Bonchev–Trinajstić information content (AvgIpc) is 1.81. The molecule has 3 heteroatoms. The van der Waals surface area contributed by atoms with Gasteiger partial charge in [0.15, 0.2) is 0 Å². The molecule has 0 amide bonds. The van der Waals surface area contributed by atoms with Crippen LogP contribution in [0, 0.1) is 24.7 Å². The Morgan fingerprint density at radius 2 is 1.09 bits per heavy atom. The van der Waals surface area contributed by atoms with Crippen LogP contribution in [-0.2, 0) is 21.1 Å². The number of rotatable bonds is 3. The van der Waals surface area contributed by atoms with Gasteiger partial charge < -0.3 is 24.8 Å². The Balaban J connectivity index is -0.0000000817. The molecular formula is C8H10Cl2Pt. The van der Waals surface area contributed by atoms with Crippen LogP contribution in [0.1, 0.15) is 25.7 Å². The van der Waals surface area contributed by atoms with Crippen LogP contribution in [0.3, 0.4) is 0 Å². The topological polar surface area (TPSA) is 0 Å². The molecule has 0 fully saturated rings. The Morgan fingerprint density at radius 3 is 1.27 bits per heavy atom. The van der Waals surface area contributed by atoms with E-state index in [2.05, 4.69) is 11.8 Å². The molecule has 0 aliphatic rings. The van der Waals surface area contributed by atoms with Gasteiger partial charge in [-0.05, 0) is 12.8 Å². The van der Waals surface area contributed by atoms with Crippen LogP contribution < -0.4 is 24.8 Å². The van der Waals surface area contributed by atoms with Crippen molar-refractivity contribution in [1.29, 1.82) is 0 Å². The average molecular weight is 372 g/mol. The molecule has 11 heavy (non-hydrogen) atoms. The van der Waals surface area contributed by atoms with Gasteiger partial charge in [-0.3, -0.25) is 0 Å². The molecule has 0 radical (unpaired) electrons. The maximum absolute atomic E-state index is 5.01. The van der Waals surface area contributed by atoms with Crippen LogP contribution in [0.4, 0.5) is 0 Å². The minimum absolute atomic E-state index is 0. The van der Waals surface area contributed by atoms with Gasteiger partial charge in [0.05, 0.1) is 0 Å². The number of terminal acetylenes is 2. The third-order valence-corrected chi connectivity index (χ3v) is 0.892. The SMILES string of the molecule is C#CCCCCC#C.[Cl-].[Cl-].[Pt+2]. The standard InChI is InChI=1S/C8H10.2ClH.Pt/c1-3-5-7-8-6-4-2;;;/h1-2H,5-8H2;2*1H;/q;;;+2/p-2. The Morgan fingerprint density at radius 1 is 0.818 bits per heavy atom. The first-order valence-corrected chi connectivity index (χ1v) is 2.78. The molecule has 0 saturated heterocycles. The number of unbranched alkanes of at least 4 members (excludes halogenated alkanes) is 3. The summed E-state index contributed by atoms with van der Waals surface area (Å²) in [5, 5.41) is 0. The maximum atomic E-state index is 5.01. The molecule has 0 spiro atoms. The molecule has 0 nitrogen and oxygen atoms in total. The second-order valence-corrected chi connectivity index (χ2v) is 1.62. The predicted molar refractivity (Wildman–Crippen MR) is 36.1 cm³/mol. The summed E-state index contributed by atoms with van der Waals surface area (Å²) < 4.78 is 0. The first kappa shape index (κ1) is 22.5. The molecule has 0 saturated carbocycles. The molecule has 0 N–H and O–H groups in total. The van der Waals surface area contributed by atoms with Crippen molar-refractivity contribution < 1.29 is 45.9 Å². The van der Waals surface area contributed by atoms with E-state index >= 15 is 0 Å². The summed E-state index contributed by atoms with van der Waals surface area (Å²) in [6.07, 6.45) is 13.9. The van der Waals surface area contributed by atoms with E-state index in [0.717, 1.165) is 25.7 Å². The molecule has 0 rings (SSSR count). The second-order valence-electron chi connectivity index (χ2n) is 1.62. The molecular weight excluding hydrogens is 362 g/mol. The quantitative estimate of drug-likeness (QED) is 0.349. The molecule has 0 aromatic carbocycles. The molecule has 66 valence electrons. The fourth-order valence-electron chi connectivity index (χ4n) is 0.454. The van der Waals surface area contributed by atoms with Crippen molar-refractivity contribution in [3.05, 3.63) is 0 Å².